The van der Waals surface area contributed by atoms with Gasteiger partial charge in [0, 0.05) is 6.54 Å². The van der Waals surface area contributed by atoms with Crippen LogP contribution in [0.15, 0.2) is 72.8 Å². The summed E-state index contributed by atoms with van der Waals surface area (Å²) in [6.07, 6.45) is 8.45. The number of methoxy groups -OCH3 is 1. The molecule has 3 aromatic carbocycles. The van der Waals surface area contributed by atoms with Gasteiger partial charge in [-0.25, -0.2) is 0 Å². The monoisotopic (exact) mass is 453 g/mol. The van der Waals surface area contributed by atoms with Gasteiger partial charge in [0.1, 0.15) is 18.1 Å². The van der Waals surface area contributed by atoms with Crippen molar-refractivity contribution in [3.8, 4) is 11.5 Å². The molecule has 3 heteroatoms. The molecule has 0 aromatic heterocycles. The second-order valence-corrected chi connectivity index (χ2v) is 9.53. The highest BCUT2D eigenvalue weighted by molar-refractivity contribution is 5.86. The Hall–Kier alpha value is -3.04. The normalized spacial score (nSPS) is 18.1. The van der Waals surface area contributed by atoms with E-state index in [-0.39, 0.29) is 0 Å². The molecule has 5 rings (SSSR count). The zero-order chi connectivity index (χ0) is 23.2. The van der Waals surface area contributed by atoms with E-state index in [0.29, 0.717) is 5.92 Å². The number of benzene rings is 3. The maximum absolute atomic E-state index is 6.05. The first-order valence-electron chi connectivity index (χ1n) is 12.7. The number of allylic oxidation sites excluding steroid dienone is 1. The number of rotatable bonds is 8. The second-order valence-electron chi connectivity index (χ2n) is 9.53. The number of ether oxygens (including phenoxy) is 2. The predicted molar refractivity (Wildman–Crippen MR) is 140 cm³/mol. The molecule has 3 nitrogen and oxygen atoms in total. The van der Waals surface area contributed by atoms with Gasteiger partial charge in [-0.05, 0) is 96.8 Å². The fourth-order valence-corrected chi connectivity index (χ4v) is 5.31. The van der Waals surface area contributed by atoms with E-state index < -0.39 is 0 Å². The molecule has 34 heavy (non-hydrogen) atoms. The lowest BCUT2D eigenvalue weighted by Crippen LogP contribution is -2.33. The van der Waals surface area contributed by atoms with Crippen LogP contribution >= 0.6 is 0 Å². The number of nitrogens with zero attached hydrogens (tertiary/aromatic N) is 1. The van der Waals surface area contributed by atoms with Gasteiger partial charge < -0.3 is 9.47 Å². The lowest BCUT2D eigenvalue weighted by atomic mass is 9.77. The first kappa shape index (κ1) is 22.7. The van der Waals surface area contributed by atoms with Crippen LogP contribution in [0.25, 0.3) is 11.6 Å². The Morgan fingerprint density at radius 1 is 0.853 bits per heavy atom. The molecule has 0 radical (unpaired) electrons. The van der Waals surface area contributed by atoms with Crippen molar-refractivity contribution < 1.29 is 9.47 Å². The Bertz CT molecular complexity index is 1110. The van der Waals surface area contributed by atoms with Gasteiger partial charge in [0.2, 0.25) is 0 Å². The Morgan fingerprint density at radius 3 is 2.50 bits per heavy atom. The average molecular weight is 454 g/mol. The molecule has 0 amide bonds. The third kappa shape index (κ3) is 5.53. The van der Waals surface area contributed by atoms with E-state index in [0.717, 1.165) is 37.5 Å². The molecule has 3 aromatic rings. The lowest BCUT2D eigenvalue weighted by molar-refractivity contribution is 0.183. The number of fused-ring (bicyclic) bond motifs is 1. The zero-order valence-electron chi connectivity index (χ0n) is 20.2. The first-order valence-corrected chi connectivity index (χ1v) is 12.7. The molecule has 0 N–H and O–H groups in total. The third-order valence-corrected chi connectivity index (χ3v) is 7.21. The summed E-state index contributed by atoms with van der Waals surface area (Å²) in [5, 5.41) is 0. The maximum Gasteiger partial charge on any atom is 0.119 e. The molecule has 0 bridgehead atoms. The summed E-state index contributed by atoms with van der Waals surface area (Å²) in [5.74, 6) is 2.30. The largest absolute Gasteiger partial charge is 0.497 e. The molecule has 0 spiro atoms. The van der Waals surface area contributed by atoms with Gasteiger partial charge in [-0.15, -0.1) is 0 Å². The fourth-order valence-electron chi connectivity index (χ4n) is 5.31. The number of hydrogen-bond acceptors (Lipinski definition) is 3. The van der Waals surface area contributed by atoms with E-state index in [4.69, 9.17) is 9.47 Å². The summed E-state index contributed by atoms with van der Waals surface area (Å²) in [6, 6.07) is 26.0. The van der Waals surface area contributed by atoms with Gasteiger partial charge in [-0.1, -0.05) is 61.0 Å². The van der Waals surface area contributed by atoms with Crippen LogP contribution in [0.1, 0.15) is 41.5 Å². The van der Waals surface area contributed by atoms with Crippen LogP contribution in [0.5, 0.6) is 11.5 Å². The molecule has 1 aliphatic heterocycles. The van der Waals surface area contributed by atoms with Crippen molar-refractivity contribution in [2.24, 2.45) is 5.92 Å². The van der Waals surface area contributed by atoms with Gasteiger partial charge in [-0.3, -0.25) is 4.90 Å². The van der Waals surface area contributed by atoms with E-state index in [9.17, 15) is 0 Å². The molecule has 1 aliphatic carbocycles. The molecule has 2 aliphatic rings. The van der Waals surface area contributed by atoms with Crippen LogP contribution in [0.2, 0.25) is 0 Å². The number of hydrogen-bond donors (Lipinski definition) is 0. The highest BCUT2D eigenvalue weighted by atomic mass is 16.5. The molecule has 1 atom stereocenters. The summed E-state index contributed by atoms with van der Waals surface area (Å²) in [5.41, 5.74) is 6.74. The minimum atomic E-state index is 0.424. The van der Waals surface area contributed by atoms with Gasteiger partial charge in [0.25, 0.3) is 0 Å². The van der Waals surface area contributed by atoms with Crippen molar-refractivity contribution in [2.75, 3.05) is 33.4 Å². The lowest BCUT2D eigenvalue weighted by Gasteiger charge is -2.27. The predicted octanol–water partition coefficient (Wildman–Crippen LogP) is 6.52. The maximum atomic E-state index is 6.05. The van der Waals surface area contributed by atoms with Crippen LogP contribution in [-0.4, -0.2) is 38.3 Å². The SMILES string of the molecule is COc1cccc(C2=Cc3ccccc3CC2Cc2ccc(OCCN3CCCCC3)cc2)c1. The van der Waals surface area contributed by atoms with Gasteiger partial charge in [-0.2, -0.15) is 0 Å². The molecule has 1 unspecified atom stereocenters. The van der Waals surface area contributed by atoms with Crippen molar-refractivity contribution in [3.05, 3.63) is 95.1 Å². The zero-order valence-corrected chi connectivity index (χ0v) is 20.2. The van der Waals surface area contributed by atoms with E-state index in [1.54, 1.807) is 7.11 Å². The third-order valence-electron chi connectivity index (χ3n) is 7.21. The molecule has 1 heterocycles. The van der Waals surface area contributed by atoms with Gasteiger partial charge in [0.05, 0.1) is 7.11 Å². The number of likely N-dealkylation sites (tertiary alicyclic amines) is 1. The summed E-state index contributed by atoms with van der Waals surface area (Å²) in [6.45, 7) is 4.23. The average Bonchev–Trinajstić information content (AvgIpc) is 2.90. The molecular formula is C31H35NO2. The van der Waals surface area contributed by atoms with Crippen LogP contribution in [0, 0.1) is 5.92 Å². The summed E-state index contributed by atoms with van der Waals surface area (Å²) in [7, 11) is 1.73. The summed E-state index contributed by atoms with van der Waals surface area (Å²) >= 11 is 0. The topological polar surface area (TPSA) is 21.7 Å². The smallest absolute Gasteiger partial charge is 0.119 e. The Kier molecular flexibility index (Phi) is 7.31. The van der Waals surface area contributed by atoms with Crippen molar-refractivity contribution in [3.63, 3.8) is 0 Å². The van der Waals surface area contributed by atoms with Crippen LogP contribution in [-0.2, 0) is 12.8 Å². The highest BCUT2D eigenvalue weighted by Crippen LogP contribution is 2.38. The van der Waals surface area contributed by atoms with Crippen molar-refractivity contribution >= 4 is 11.6 Å². The second kappa shape index (κ2) is 10.9. The van der Waals surface area contributed by atoms with Gasteiger partial charge in [0.15, 0.2) is 0 Å². The number of piperidine rings is 1. The van der Waals surface area contributed by atoms with Crippen molar-refractivity contribution in [2.45, 2.75) is 32.1 Å². The van der Waals surface area contributed by atoms with Crippen molar-refractivity contribution in [1.82, 2.24) is 4.90 Å². The van der Waals surface area contributed by atoms with E-state index in [1.807, 2.05) is 6.07 Å². The molecule has 176 valence electrons. The minimum Gasteiger partial charge on any atom is -0.497 e. The highest BCUT2D eigenvalue weighted by Gasteiger charge is 2.23. The van der Waals surface area contributed by atoms with Crippen molar-refractivity contribution in [1.29, 1.82) is 0 Å². The van der Waals surface area contributed by atoms with E-state index in [1.165, 1.54) is 60.2 Å². The molecule has 0 saturated carbocycles. The Balaban J connectivity index is 1.28. The van der Waals surface area contributed by atoms with Crippen LogP contribution in [0.4, 0.5) is 0 Å². The standard InChI is InChI=1S/C31H35NO2/c1-33-30-11-7-10-27(22-30)31-23-26-9-4-3-8-25(26)21-28(31)20-24-12-14-29(15-13-24)34-19-18-32-16-5-2-6-17-32/h3-4,7-15,22-23,28H,2,5-6,16-21H2,1H3. The Labute approximate surface area is 204 Å². The molecule has 1 fully saturated rings. The van der Waals surface area contributed by atoms with E-state index >= 15 is 0 Å². The van der Waals surface area contributed by atoms with E-state index in [2.05, 4.69) is 77.7 Å². The van der Waals surface area contributed by atoms with Gasteiger partial charge >= 0.3 is 0 Å². The first-order chi connectivity index (χ1) is 16.8. The van der Waals surface area contributed by atoms with Crippen LogP contribution < -0.4 is 9.47 Å². The summed E-state index contributed by atoms with van der Waals surface area (Å²) in [4.78, 5) is 2.52. The quantitative estimate of drug-likeness (QED) is 0.388. The Morgan fingerprint density at radius 2 is 1.68 bits per heavy atom. The van der Waals surface area contributed by atoms with Crippen LogP contribution in [0.3, 0.4) is 0 Å². The molecule has 1 saturated heterocycles. The molecular weight excluding hydrogens is 418 g/mol. The summed E-state index contributed by atoms with van der Waals surface area (Å²) < 4.78 is 11.6. The minimum absolute atomic E-state index is 0.424. The fraction of sp³-hybridized carbons (Fsp3) is 0.355.